The number of unbranched alkanes of at least 4 members (excludes halogenated alkanes) is 1. The number of aliphatic hydroxyl groups is 1. The summed E-state index contributed by atoms with van der Waals surface area (Å²) in [5.74, 6) is 0. The Morgan fingerprint density at radius 1 is 1.20 bits per heavy atom. The van der Waals surface area contributed by atoms with Gasteiger partial charge in [0.25, 0.3) is 0 Å². The smallest absolute Gasteiger partial charge is 0.0760 e. The molecule has 0 aliphatic heterocycles. The largest absolute Gasteiger partial charge is 0.389 e. The maximum absolute atomic E-state index is 10.1. The van der Waals surface area contributed by atoms with E-state index in [4.69, 9.17) is 0 Å². The maximum atomic E-state index is 10.1. The molecule has 0 bridgehead atoms. The zero-order chi connectivity index (χ0) is 11.1. The molecule has 0 radical (unpaired) electrons. The molecule has 1 nitrogen and oxygen atoms in total. The van der Waals surface area contributed by atoms with Gasteiger partial charge in [0.1, 0.15) is 0 Å². The van der Waals surface area contributed by atoms with Crippen molar-refractivity contribution in [1.29, 1.82) is 0 Å². The van der Waals surface area contributed by atoms with Crippen molar-refractivity contribution < 1.29 is 5.11 Å². The van der Waals surface area contributed by atoms with Crippen molar-refractivity contribution in [3.8, 4) is 0 Å². The molecular formula is C13H23BrO. The van der Waals surface area contributed by atoms with Gasteiger partial charge in [-0.15, -0.1) is 0 Å². The van der Waals surface area contributed by atoms with Crippen LogP contribution in [0.25, 0.3) is 0 Å². The van der Waals surface area contributed by atoms with Crippen LogP contribution >= 0.6 is 15.9 Å². The molecule has 88 valence electrons. The molecule has 0 heterocycles. The first kappa shape index (κ1) is 13.2. The van der Waals surface area contributed by atoms with Crippen molar-refractivity contribution in [2.45, 2.75) is 70.8 Å². The average Bonchev–Trinajstić information content (AvgIpc) is 2.20. The quantitative estimate of drug-likeness (QED) is 0.798. The van der Waals surface area contributed by atoms with Crippen LogP contribution in [0.3, 0.4) is 0 Å². The van der Waals surface area contributed by atoms with Gasteiger partial charge >= 0.3 is 0 Å². The molecular weight excluding hydrogens is 252 g/mol. The summed E-state index contributed by atoms with van der Waals surface area (Å²) in [4.78, 5) is 0. The first-order valence-corrected chi connectivity index (χ1v) is 7.10. The van der Waals surface area contributed by atoms with Crippen LogP contribution < -0.4 is 0 Å². The van der Waals surface area contributed by atoms with Crippen molar-refractivity contribution in [3.05, 3.63) is 10.1 Å². The van der Waals surface area contributed by atoms with Crippen molar-refractivity contribution in [1.82, 2.24) is 0 Å². The minimum absolute atomic E-state index is 0.197. The molecule has 2 heteroatoms. The summed E-state index contributed by atoms with van der Waals surface area (Å²) >= 11 is 3.65. The van der Waals surface area contributed by atoms with Gasteiger partial charge in [-0.1, -0.05) is 48.5 Å². The second-order valence-corrected chi connectivity index (χ2v) is 5.46. The van der Waals surface area contributed by atoms with Crippen molar-refractivity contribution >= 4 is 15.9 Å². The fraction of sp³-hybridized carbons (Fsp3) is 0.846. The topological polar surface area (TPSA) is 20.2 Å². The molecule has 1 aliphatic rings. The number of aliphatic hydroxyl groups excluding tert-OH is 1. The van der Waals surface area contributed by atoms with Crippen molar-refractivity contribution in [2.24, 2.45) is 0 Å². The molecule has 0 saturated carbocycles. The second-order valence-electron chi connectivity index (χ2n) is 4.50. The third kappa shape index (κ3) is 4.69. The van der Waals surface area contributed by atoms with Gasteiger partial charge in [-0.05, 0) is 42.2 Å². The standard InChI is InChI=1S/C13H23BrO/c1-2-3-10-13(15)11-8-6-4-5-7-9-12(11)14/h13,15H,2-10H2,1H3/b12-11-. The molecule has 15 heavy (non-hydrogen) atoms. The third-order valence-corrected chi connectivity index (χ3v) is 4.08. The van der Waals surface area contributed by atoms with Crippen LogP contribution in [0.1, 0.15) is 64.7 Å². The second kappa shape index (κ2) is 7.45. The predicted octanol–water partition coefficient (Wildman–Crippen LogP) is 4.54. The molecule has 1 unspecified atom stereocenters. The van der Waals surface area contributed by atoms with Gasteiger partial charge in [-0.3, -0.25) is 0 Å². The molecule has 0 aromatic heterocycles. The van der Waals surface area contributed by atoms with Crippen LogP contribution in [0, 0.1) is 0 Å². The molecule has 0 amide bonds. The normalized spacial score (nSPS) is 25.8. The summed E-state index contributed by atoms with van der Waals surface area (Å²) in [6.07, 6.45) is 10.4. The lowest BCUT2D eigenvalue weighted by molar-refractivity contribution is 0.191. The highest BCUT2D eigenvalue weighted by atomic mass is 79.9. The van der Waals surface area contributed by atoms with Crippen LogP contribution in [0.5, 0.6) is 0 Å². The summed E-state index contributed by atoms with van der Waals surface area (Å²) in [7, 11) is 0. The highest BCUT2D eigenvalue weighted by molar-refractivity contribution is 9.11. The van der Waals surface area contributed by atoms with Crippen molar-refractivity contribution in [3.63, 3.8) is 0 Å². The maximum Gasteiger partial charge on any atom is 0.0760 e. The Labute approximate surface area is 102 Å². The molecule has 0 aromatic rings. The summed E-state index contributed by atoms with van der Waals surface area (Å²) in [5.41, 5.74) is 1.28. The first-order chi connectivity index (χ1) is 7.25. The highest BCUT2D eigenvalue weighted by Gasteiger charge is 2.15. The lowest BCUT2D eigenvalue weighted by atomic mass is 9.94. The Kier molecular flexibility index (Phi) is 6.58. The van der Waals surface area contributed by atoms with E-state index in [1.807, 2.05) is 0 Å². The molecule has 1 rings (SSSR count). The van der Waals surface area contributed by atoms with Crippen LogP contribution in [-0.4, -0.2) is 11.2 Å². The monoisotopic (exact) mass is 274 g/mol. The summed E-state index contributed by atoms with van der Waals surface area (Å²) in [6, 6.07) is 0. The van der Waals surface area contributed by atoms with Crippen LogP contribution in [0.4, 0.5) is 0 Å². The van der Waals surface area contributed by atoms with E-state index >= 15 is 0 Å². The Hall–Kier alpha value is 0.180. The SMILES string of the molecule is CCCCC(O)/C1=C(\Br)CCCCCC1. The molecule has 0 aromatic carbocycles. The van der Waals surface area contributed by atoms with Crippen LogP contribution in [0.2, 0.25) is 0 Å². The minimum Gasteiger partial charge on any atom is -0.389 e. The fourth-order valence-corrected chi connectivity index (χ4v) is 2.91. The summed E-state index contributed by atoms with van der Waals surface area (Å²) < 4.78 is 1.28. The Morgan fingerprint density at radius 2 is 1.87 bits per heavy atom. The van der Waals surface area contributed by atoms with Gasteiger partial charge in [0.2, 0.25) is 0 Å². The van der Waals surface area contributed by atoms with Gasteiger partial charge in [0.05, 0.1) is 6.10 Å². The van der Waals surface area contributed by atoms with Gasteiger partial charge in [-0.2, -0.15) is 0 Å². The lowest BCUT2D eigenvalue weighted by Gasteiger charge is -2.19. The van der Waals surface area contributed by atoms with Gasteiger partial charge in [0.15, 0.2) is 0 Å². The average molecular weight is 275 g/mol. The van der Waals surface area contributed by atoms with Crippen LogP contribution in [-0.2, 0) is 0 Å². The number of hydrogen-bond acceptors (Lipinski definition) is 1. The number of halogens is 1. The first-order valence-electron chi connectivity index (χ1n) is 6.31. The molecule has 0 fully saturated rings. The van der Waals surface area contributed by atoms with Gasteiger partial charge < -0.3 is 5.11 Å². The van der Waals surface area contributed by atoms with E-state index in [1.165, 1.54) is 42.2 Å². The van der Waals surface area contributed by atoms with E-state index in [9.17, 15) is 5.11 Å². The molecule has 1 aliphatic carbocycles. The Bertz CT molecular complexity index is 211. The zero-order valence-electron chi connectivity index (χ0n) is 9.77. The van der Waals surface area contributed by atoms with E-state index in [-0.39, 0.29) is 6.10 Å². The Morgan fingerprint density at radius 3 is 2.53 bits per heavy atom. The van der Waals surface area contributed by atoms with E-state index in [0.29, 0.717) is 0 Å². The van der Waals surface area contributed by atoms with E-state index in [0.717, 1.165) is 25.7 Å². The van der Waals surface area contributed by atoms with E-state index in [2.05, 4.69) is 22.9 Å². The molecule has 1 N–H and O–H groups in total. The summed E-state index contributed by atoms with van der Waals surface area (Å²) in [5, 5.41) is 10.1. The Balaban J connectivity index is 2.56. The fourth-order valence-electron chi connectivity index (χ4n) is 2.16. The highest BCUT2D eigenvalue weighted by Crippen LogP contribution is 2.30. The van der Waals surface area contributed by atoms with Gasteiger partial charge in [-0.25, -0.2) is 0 Å². The predicted molar refractivity (Wildman–Crippen MR) is 69.2 cm³/mol. The number of hydrogen-bond donors (Lipinski definition) is 1. The van der Waals surface area contributed by atoms with Gasteiger partial charge in [0, 0.05) is 0 Å². The zero-order valence-corrected chi connectivity index (χ0v) is 11.4. The van der Waals surface area contributed by atoms with E-state index < -0.39 is 0 Å². The lowest BCUT2D eigenvalue weighted by Crippen LogP contribution is -2.12. The number of rotatable bonds is 4. The molecule has 0 spiro atoms. The number of allylic oxidation sites excluding steroid dienone is 1. The van der Waals surface area contributed by atoms with Crippen molar-refractivity contribution in [2.75, 3.05) is 0 Å². The summed E-state index contributed by atoms with van der Waals surface area (Å²) in [6.45, 7) is 2.17. The molecule has 0 saturated heterocycles. The molecule has 1 atom stereocenters. The van der Waals surface area contributed by atoms with E-state index in [1.54, 1.807) is 0 Å². The third-order valence-electron chi connectivity index (χ3n) is 3.17. The minimum atomic E-state index is -0.197. The van der Waals surface area contributed by atoms with Crippen LogP contribution in [0.15, 0.2) is 10.1 Å².